The normalized spacial score (nSPS) is 15.0. The molecule has 3 nitrogen and oxygen atoms in total. The highest BCUT2D eigenvalue weighted by molar-refractivity contribution is 5.91. The molecule has 1 N–H and O–H groups in total. The number of pyridine rings is 1. The second kappa shape index (κ2) is 6.73. The van der Waals surface area contributed by atoms with Crippen LogP contribution in [0.25, 0.3) is 11.1 Å². The molecular weight excluding hydrogens is 272 g/mol. The summed E-state index contributed by atoms with van der Waals surface area (Å²) >= 11 is 0. The van der Waals surface area contributed by atoms with Gasteiger partial charge in [-0.1, -0.05) is 25.0 Å². The molecule has 3 heteroatoms. The van der Waals surface area contributed by atoms with Crippen molar-refractivity contribution in [3.8, 4) is 11.1 Å². The van der Waals surface area contributed by atoms with Gasteiger partial charge in [-0.3, -0.25) is 9.78 Å². The van der Waals surface area contributed by atoms with E-state index in [2.05, 4.69) is 16.4 Å². The van der Waals surface area contributed by atoms with Gasteiger partial charge in [0.1, 0.15) is 0 Å². The van der Waals surface area contributed by atoms with Crippen LogP contribution < -0.4 is 5.32 Å². The number of anilines is 1. The van der Waals surface area contributed by atoms with Crippen molar-refractivity contribution in [3.05, 3.63) is 48.3 Å². The molecule has 1 heterocycles. The SMILES string of the molecule is Cc1cc(-c2ccc(NC(=O)CC3CCCC3)cc2)ccn1. The molecule has 1 aliphatic rings. The van der Waals surface area contributed by atoms with Crippen molar-refractivity contribution in [1.82, 2.24) is 4.98 Å². The van der Waals surface area contributed by atoms with E-state index in [0.29, 0.717) is 12.3 Å². The Kier molecular flexibility index (Phi) is 4.52. The number of carbonyl (C=O) groups excluding carboxylic acids is 1. The minimum atomic E-state index is 0.138. The second-order valence-electron chi connectivity index (χ2n) is 6.17. The lowest BCUT2D eigenvalue weighted by molar-refractivity contribution is -0.117. The summed E-state index contributed by atoms with van der Waals surface area (Å²) < 4.78 is 0. The Balaban J connectivity index is 1.62. The quantitative estimate of drug-likeness (QED) is 0.897. The highest BCUT2D eigenvalue weighted by Gasteiger charge is 2.18. The number of rotatable bonds is 4. The van der Waals surface area contributed by atoms with Crippen LogP contribution in [0.5, 0.6) is 0 Å². The van der Waals surface area contributed by atoms with Crippen LogP contribution in [0.2, 0.25) is 0 Å². The molecule has 2 aromatic rings. The van der Waals surface area contributed by atoms with Crippen LogP contribution in [-0.4, -0.2) is 10.9 Å². The molecule has 0 aliphatic heterocycles. The molecule has 1 aromatic heterocycles. The average molecular weight is 294 g/mol. The van der Waals surface area contributed by atoms with E-state index < -0.39 is 0 Å². The Bertz CT molecular complexity index is 643. The van der Waals surface area contributed by atoms with Gasteiger partial charge in [0.05, 0.1) is 0 Å². The van der Waals surface area contributed by atoms with Gasteiger partial charge in [-0.05, 0) is 61.1 Å². The van der Waals surface area contributed by atoms with E-state index >= 15 is 0 Å². The van der Waals surface area contributed by atoms with Crippen LogP contribution in [0.1, 0.15) is 37.8 Å². The number of aromatic nitrogens is 1. The number of carbonyl (C=O) groups is 1. The summed E-state index contributed by atoms with van der Waals surface area (Å²) in [4.78, 5) is 16.3. The molecule has 1 amide bonds. The van der Waals surface area contributed by atoms with Crippen molar-refractivity contribution in [2.45, 2.75) is 39.0 Å². The lowest BCUT2D eigenvalue weighted by atomic mass is 10.0. The third-order valence-corrected chi connectivity index (χ3v) is 4.35. The number of aryl methyl sites for hydroxylation is 1. The molecule has 0 bridgehead atoms. The van der Waals surface area contributed by atoms with E-state index in [1.165, 1.54) is 25.7 Å². The maximum atomic E-state index is 12.0. The Morgan fingerprint density at radius 1 is 1.14 bits per heavy atom. The number of nitrogens with zero attached hydrogens (tertiary/aromatic N) is 1. The van der Waals surface area contributed by atoms with E-state index in [-0.39, 0.29) is 5.91 Å². The van der Waals surface area contributed by atoms with E-state index in [0.717, 1.165) is 22.5 Å². The maximum Gasteiger partial charge on any atom is 0.224 e. The first-order chi connectivity index (χ1) is 10.7. The molecule has 3 rings (SSSR count). The standard InChI is InChI=1S/C19H22N2O/c1-14-12-17(10-11-20-14)16-6-8-18(9-7-16)21-19(22)13-15-4-2-3-5-15/h6-12,15H,2-5,13H2,1H3,(H,21,22). The number of hydrogen-bond donors (Lipinski definition) is 1. The zero-order chi connectivity index (χ0) is 15.4. The molecule has 1 saturated carbocycles. The van der Waals surface area contributed by atoms with Crippen LogP contribution in [0, 0.1) is 12.8 Å². The summed E-state index contributed by atoms with van der Waals surface area (Å²) in [6, 6.07) is 12.1. The van der Waals surface area contributed by atoms with Gasteiger partial charge >= 0.3 is 0 Å². The van der Waals surface area contributed by atoms with Crippen molar-refractivity contribution in [3.63, 3.8) is 0 Å². The van der Waals surface area contributed by atoms with Crippen LogP contribution in [0.3, 0.4) is 0 Å². The van der Waals surface area contributed by atoms with Crippen molar-refractivity contribution >= 4 is 11.6 Å². The third-order valence-electron chi connectivity index (χ3n) is 4.35. The first kappa shape index (κ1) is 14.8. The minimum Gasteiger partial charge on any atom is -0.326 e. The van der Waals surface area contributed by atoms with E-state index in [1.807, 2.05) is 43.5 Å². The van der Waals surface area contributed by atoms with Gasteiger partial charge in [0.25, 0.3) is 0 Å². The van der Waals surface area contributed by atoms with Gasteiger partial charge in [-0.2, -0.15) is 0 Å². The number of nitrogens with one attached hydrogen (secondary N) is 1. The first-order valence-corrected chi connectivity index (χ1v) is 8.03. The Hall–Kier alpha value is -2.16. The summed E-state index contributed by atoms with van der Waals surface area (Å²) in [6.45, 7) is 1.99. The molecule has 22 heavy (non-hydrogen) atoms. The topological polar surface area (TPSA) is 42.0 Å². The molecule has 1 aliphatic carbocycles. The fourth-order valence-corrected chi connectivity index (χ4v) is 3.16. The van der Waals surface area contributed by atoms with Crippen LogP contribution in [0.15, 0.2) is 42.6 Å². The number of benzene rings is 1. The van der Waals surface area contributed by atoms with Crippen molar-refractivity contribution < 1.29 is 4.79 Å². The molecule has 114 valence electrons. The second-order valence-corrected chi connectivity index (χ2v) is 6.17. The summed E-state index contributed by atoms with van der Waals surface area (Å²) in [5, 5.41) is 3.01. The molecule has 1 fully saturated rings. The van der Waals surface area contributed by atoms with E-state index in [1.54, 1.807) is 0 Å². The molecular formula is C19H22N2O. The van der Waals surface area contributed by atoms with Gasteiger partial charge in [-0.25, -0.2) is 0 Å². The largest absolute Gasteiger partial charge is 0.326 e. The third kappa shape index (κ3) is 3.73. The van der Waals surface area contributed by atoms with Crippen molar-refractivity contribution in [1.29, 1.82) is 0 Å². The number of hydrogen-bond acceptors (Lipinski definition) is 2. The van der Waals surface area contributed by atoms with Gasteiger partial charge in [0.2, 0.25) is 5.91 Å². The highest BCUT2D eigenvalue weighted by Crippen LogP contribution is 2.28. The summed E-state index contributed by atoms with van der Waals surface area (Å²) in [5.41, 5.74) is 4.17. The molecule has 1 aromatic carbocycles. The predicted molar refractivity (Wildman–Crippen MR) is 89.6 cm³/mol. The van der Waals surface area contributed by atoms with Gasteiger partial charge in [0.15, 0.2) is 0 Å². The molecule has 0 unspecified atom stereocenters. The van der Waals surface area contributed by atoms with Crippen LogP contribution in [0.4, 0.5) is 5.69 Å². The summed E-state index contributed by atoms with van der Waals surface area (Å²) in [7, 11) is 0. The van der Waals surface area contributed by atoms with Crippen LogP contribution in [-0.2, 0) is 4.79 Å². The van der Waals surface area contributed by atoms with Gasteiger partial charge in [-0.15, -0.1) is 0 Å². The zero-order valence-electron chi connectivity index (χ0n) is 13.0. The highest BCUT2D eigenvalue weighted by atomic mass is 16.1. The lowest BCUT2D eigenvalue weighted by Gasteiger charge is -2.10. The molecule has 0 saturated heterocycles. The Morgan fingerprint density at radius 3 is 2.55 bits per heavy atom. The van der Waals surface area contributed by atoms with Gasteiger partial charge in [0, 0.05) is 24.0 Å². The van der Waals surface area contributed by atoms with E-state index in [9.17, 15) is 4.79 Å². The minimum absolute atomic E-state index is 0.138. The molecule has 0 spiro atoms. The number of amides is 1. The van der Waals surface area contributed by atoms with Crippen molar-refractivity contribution in [2.24, 2.45) is 5.92 Å². The monoisotopic (exact) mass is 294 g/mol. The Labute approximate surface area is 131 Å². The fourth-order valence-electron chi connectivity index (χ4n) is 3.16. The summed E-state index contributed by atoms with van der Waals surface area (Å²) in [6.07, 6.45) is 7.44. The smallest absolute Gasteiger partial charge is 0.224 e. The zero-order valence-corrected chi connectivity index (χ0v) is 13.0. The van der Waals surface area contributed by atoms with E-state index in [4.69, 9.17) is 0 Å². The van der Waals surface area contributed by atoms with Crippen LogP contribution >= 0.6 is 0 Å². The summed E-state index contributed by atoms with van der Waals surface area (Å²) in [5.74, 6) is 0.721. The van der Waals surface area contributed by atoms with Gasteiger partial charge < -0.3 is 5.32 Å². The molecule has 0 radical (unpaired) electrons. The lowest BCUT2D eigenvalue weighted by Crippen LogP contribution is -2.14. The Morgan fingerprint density at radius 2 is 1.86 bits per heavy atom. The first-order valence-electron chi connectivity index (χ1n) is 8.03. The maximum absolute atomic E-state index is 12.0. The predicted octanol–water partition coefficient (Wildman–Crippen LogP) is 4.58. The van der Waals surface area contributed by atoms with Crippen molar-refractivity contribution in [2.75, 3.05) is 5.32 Å². The molecule has 0 atom stereocenters. The fraction of sp³-hybridized carbons (Fsp3) is 0.368. The average Bonchev–Trinajstić information content (AvgIpc) is 3.01.